The molecule has 0 fully saturated rings. The van der Waals surface area contributed by atoms with E-state index in [2.05, 4.69) is 5.16 Å². The molecular weight excluding hydrogens is 308 g/mol. The first-order valence-corrected chi connectivity index (χ1v) is 7.16. The predicted molar refractivity (Wildman–Crippen MR) is 86.7 cm³/mol. The highest BCUT2D eigenvalue weighted by atomic mass is 16.5. The molecule has 3 aromatic rings. The van der Waals surface area contributed by atoms with E-state index in [9.17, 15) is 5.21 Å². The lowest BCUT2D eigenvalue weighted by Crippen LogP contribution is -2.06. The van der Waals surface area contributed by atoms with Gasteiger partial charge in [-0.05, 0) is 12.1 Å². The summed E-state index contributed by atoms with van der Waals surface area (Å²) in [4.78, 5) is 0. The summed E-state index contributed by atoms with van der Waals surface area (Å²) in [7, 11) is 1.50. The summed E-state index contributed by atoms with van der Waals surface area (Å²) >= 11 is 0. The Balaban J connectivity index is 2.33. The van der Waals surface area contributed by atoms with Crippen molar-refractivity contribution in [3.63, 3.8) is 0 Å². The first kappa shape index (κ1) is 15.4. The van der Waals surface area contributed by atoms with Crippen LogP contribution in [0, 0.1) is 11.3 Å². The van der Waals surface area contributed by atoms with Gasteiger partial charge >= 0.3 is 0 Å². The van der Waals surface area contributed by atoms with Gasteiger partial charge in [0.2, 0.25) is 5.75 Å². The van der Waals surface area contributed by atoms with E-state index in [1.165, 1.54) is 7.11 Å². The van der Waals surface area contributed by atoms with E-state index in [4.69, 9.17) is 19.2 Å². The molecule has 0 aliphatic rings. The number of benzene rings is 2. The molecule has 6 nitrogen and oxygen atoms in total. The Kier molecular flexibility index (Phi) is 4.34. The van der Waals surface area contributed by atoms with Gasteiger partial charge in [0.15, 0.2) is 17.9 Å². The molecule has 1 N–H and O–H groups in total. The molecule has 0 bridgehead atoms. The molecule has 3 rings (SSSR count). The van der Waals surface area contributed by atoms with Crippen molar-refractivity contribution in [2.45, 2.75) is 0 Å². The summed E-state index contributed by atoms with van der Waals surface area (Å²) < 4.78 is 16.7. The van der Waals surface area contributed by atoms with Crippen LogP contribution in [0.2, 0.25) is 0 Å². The fraction of sp³-hybridized carbons (Fsp3) is 0.111. The van der Waals surface area contributed by atoms with Crippen molar-refractivity contribution in [3.8, 4) is 28.9 Å². The van der Waals surface area contributed by atoms with Gasteiger partial charge in [-0.2, -0.15) is 5.26 Å². The third kappa shape index (κ3) is 2.75. The van der Waals surface area contributed by atoms with Gasteiger partial charge in [-0.25, -0.2) is 0 Å². The van der Waals surface area contributed by atoms with Gasteiger partial charge in [-0.15, -0.1) is 0 Å². The molecule has 0 radical (unpaired) electrons. The Hall–Kier alpha value is -3.46. The second-order valence-corrected chi connectivity index (χ2v) is 4.88. The Morgan fingerprint density at radius 2 is 2.00 bits per heavy atom. The summed E-state index contributed by atoms with van der Waals surface area (Å²) in [5, 5.41) is 22.4. The number of hydrogen-bond donors (Lipinski definition) is 1. The summed E-state index contributed by atoms with van der Waals surface area (Å²) in [6.07, 6.45) is 0. The first-order valence-electron chi connectivity index (χ1n) is 7.16. The van der Waals surface area contributed by atoms with Crippen molar-refractivity contribution >= 4 is 11.0 Å². The predicted octanol–water partition coefficient (Wildman–Crippen LogP) is 3.30. The zero-order valence-electron chi connectivity index (χ0n) is 12.9. The molecule has 1 heterocycles. The van der Waals surface area contributed by atoms with Crippen molar-refractivity contribution in [2.75, 3.05) is 13.7 Å². The normalized spacial score (nSPS) is 11.2. The van der Waals surface area contributed by atoms with Gasteiger partial charge in [0.1, 0.15) is 17.2 Å². The maximum atomic E-state index is 9.36. The van der Waals surface area contributed by atoms with Gasteiger partial charge in [-0.3, -0.25) is 0 Å². The van der Waals surface area contributed by atoms with Crippen LogP contribution in [-0.2, 0) is 0 Å². The van der Waals surface area contributed by atoms with Crippen LogP contribution in [0.4, 0.5) is 0 Å². The van der Waals surface area contributed by atoms with Crippen molar-refractivity contribution in [2.24, 2.45) is 5.16 Å². The second-order valence-electron chi connectivity index (χ2n) is 4.88. The van der Waals surface area contributed by atoms with Crippen LogP contribution in [-0.4, -0.2) is 18.9 Å². The van der Waals surface area contributed by atoms with Crippen molar-refractivity contribution in [1.82, 2.24) is 0 Å². The summed E-state index contributed by atoms with van der Waals surface area (Å²) in [5.41, 5.74) is 1.16. The van der Waals surface area contributed by atoms with E-state index in [-0.39, 0.29) is 6.61 Å². The number of nitriles is 1. The van der Waals surface area contributed by atoms with Crippen LogP contribution in [0.5, 0.6) is 11.5 Å². The van der Waals surface area contributed by atoms with Gasteiger partial charge in [0.05, 0.1) is 12.5 Å². The molecule has 120 valence electrons. The van der Waals surface area contributed by atoms with E-state index in [0.717, 1.165) is 5.56 Å². The maximum absolute atomic E-state index is 9.36. The van der Waals surface area contributed by atoms with Crippen LogP contribution in [0.15, 0.2) is 58.1 Å². The van der Waals surface area contributed by atoms with Crippen molar-refractivity contribution in [3.05, 3.63) is 53.9 Å². The van der Waals surface area contributed by atoms with E-state index in [1.807, 2.05) is 36.4 Å². The molecule has 6 heteroatoms. The first-order chi connectivity index (χ1) is 11.8. The Bertz CT molecular complexity index is 972. The van der Waals surface area contributed by atoms with Gasteiger partial charge < -0.3 is 19.1 Å². The molecule has 0 atom stereocenters. The number of ether oxygens (including phenoxy) is 2. The topological polar surface area (TPSA) is 88.0 Å². The quantitative estimate of drug-likeness (QED) is 0.588. The number of hydrogen-bond acceptors (Lipinski definition) is 6. The minimum absolute atomic E-state index is 0.161. The molecule has 0 saturated heterocycles. The Morgan fingerprint density at radius 1 is 1.21 bits per heavy atom. The van der Waals surface area contributed by atoms with Crippen molar-refractivity contribution < 1.29 is 19.1 Å². The number of nitrogens with zero attached hydrogens (tertiary/aromatic N) is 2. The van der Waals surface area contributed by atoms with Crippen LogP contribution in [0.3, 0.4) is 0 Å². The molecule has 0 spiro atoms. The minimum Gasteiger partial charge on any atom is -0.493 e. The summed E-state index contributed by atoms with van der Waals surface area (Å²) in [6.45, 7) is -0.161. The van der Waals surface area contributed by atoms with Gasteiger partial charge in [0, 0.05) is 11.6 Å². The zero-order chi connectivity index (χ0) is 16.9. The Labute approximate surface area is 137 Å². The number of rotatable bonds is 4. The molecule has 0 unspecified atom stereocenters. The standard InChI is InChI=1S/C18H14N2O4/c1-22-15-8-7-13-14(20-21)11-16(12-5-3-2-4-6-12)24-17(13)18(15)23-10-9-19/h2-8,11,21H,10H2,1H3. The third-order valence-corrected chi connectivity index (χ3v) is 3.50. The fourth-order valence-corrected chi connectivity index (χ4v) is 2.42. The van der Waals surface area contributed by atoms with E-state index in [0.29, 0.717) is 33.6 Å². The van der Waals surface area contributed by atoms with Crippen LogP contribution in [0.25, 0.3) is 22.3 Å². The second kappa shape index (κ2) is 6.75. The molecule has 1 aromatic heterocycles. The van der Waals surface area contributed by atoms with Crippen LogP contribution >= 0.6 is 0 Å². The lowest BCUT2D eigenvalue weighted by atomic mass is 10.1. The lowest BCUT2D eigenvalue weighted by Gasteiger charge is -2.12. The van der Waals surface area contributed by atoms with Crippen LogP contribution < -0.4 is 14.8 Å². The third-order valence-electron chi connectivity index (χ3n) is 3.50. The molecule has 0 aliphatic heterocycles. The molecule has 24 heavy (non-hydrogen) atoms. The molecule has 0 saturated carbocycles. The molecular formula is C18H14N2O4. The highest BCUT2D eigenvalue weighted by Crippen LogP contribution is 2.36. The minimum atomic E-state index is -0.161. The fourth-order valence-electron chi connectivity index (χ4n) is 2.42. The molecule has 0 amide bonds. The zero-order valence-corrected chi connectivity index (χ0v) is 12.9. The molecule has 2 aromatic carbocycles. The Morgan fingerprint density at radius 3 is 2.67 bits per heavy atom. The van der Waals surface area contributed by atoms with Gasteiger partial charge in [-0.1, -0.05) is 35.5 Å². The highest BCUT2D eigenvalue weighted by molar-refractivity contribution is 5.86. The number of fused-ring (bicyclic) bond motifs is 1. The average Bonchev–Trinajstić information content (AvgIpc) is 2.65. The number of methoxy groups -OCH3 is 1. The highest BCUT2D eigenvalue weighted by Gasteiger charge is 2.16. The monoisotopic (exact) mass is 322 g/mol. The van der Waals surface area contributed by atoms with E-state index >= 15 is 0 Å². The van der Waals surface area contributed by atoms with Gasteiger partial charge in [0.25, 0.3) is 0 Å². The lowest BCUT2D eigenvalue weighted by molar-refractivity contribution is 0.302. The SMILES string of the molecule is COc1ccc2c(=NO)cc(-c3ccccc3)oc2c1OCC#N. The average molecular weight is 322 g/mol. The smallest absolute Gasteiger partial charge is 0.206 e. The van der Waals surface area contributed by atoms with E-state index in [1.54, 1.807) is 18.2 Å². The largest absolute Gasteiger partial charge is 0.493 e. The van der Waals surface area contributed by atoms with E-state index < -0.39 is 0 Å². The summed E-state index contributed by atoms with van der Waals surface area (Å²) in [5.74, 6) is 1.22. The molecule has 0 aliphatic carbocycles. The van der Waals surface area contributed by atoms with Crippen LogP contribution in [0.1, 0.15) is 0 Å². The van der Waals surface area contributed by atoms with Crippen molar-refractivity contribution in [1.29, 1.82) is 5.26 Å². The summed E-state index contributed by atoms with van der Waals surface area (Å²) in [6, 6.07) is 16.3. The maximum Gasteiger partial charge on any atom is 0.206 e.